The molecule has 0 saturated heterocycles. The van der Waals surface area contributed by atoms with E-state index in [0.717, 1.165) is 25.7 Å². The monoisotopic (exact) mass is 356 g/mol. The fourth-order valence-electron chi connectivity index (χ4n) is 2.58. The van der Waals surface area contributed by atoms with Gasteiger partial charge in [0.1, 0.15) is 0 Å². The molecular weight excluding hydrogens is 328 g/mol. The van der Waals surface area contributed by atoms with Gasteiger partial charge in [-0.05, 0) is 43.1 Å². The van der Waals surface area contributed by atoms with E-state index in [0.29, 0.717) is 25.7 Å². The highest BCUT2D eigenvalue weighted by atomic mass is 19.3. The van der Waals surface area contributed by atoms with Crippen molar-refractivity contribution in [2.75, 3.05) is 0 Å². The van der Waals surface area contributed by atoms with E-state index in [1.165, 1.54) is 17.4 Å². The maximum atomic E-state index is 13.6. The topological polar surface area (TPSA) is 0 Å². The highest BCUT2D eigenvalue weighted by molar-refractivity contribution is 5.16. The highest BCUT2D eigenvalue weighted by Crippen LogP contribution is 2.25. The third kappa shape index (κ3) is 10.9. The van der Waals surface area contributed by atoms with Gasteiger partial charge < -0.3 is 0 Å². The molecule has 0 fully saturated rings. The molecule has 0 aliphatic carbocycles. The normalized spacial score (nSPS) is 11.9. The zero-order chi connectivity index (χ0) is 18.6. The fourth-order valence-corrected chi connectivity index (χ4v) is 2.58. The minimum atomic E-state index is -3.33. The van der Waals surface area contributed by atoms with Crippen molar-refractivity contribution in [1.29, 1.82) is 0 Å². The minimum absolute atomic E-state index is 0.303. The summed E-state index contributed by atoms with van der Waals surface area (Å²) in [4.78, 5) is 0. The van der Waals surface area contributed by atoms with Crippen LogP contribution >= 0.6 is 0 Å². The summed E-state index contributed by atoms with van der Waals surface area (Å²) in [6, 6.07) is 10.0. The van der Waals surface area contributed by atoms with Gasteiger partial charge in [0, 0.05) is 12.8 Å². The van der Waals surface area contributed by atoms with E-state index in [2.05, 4.69) is 0 Å². The van der Waals surface area contributed by atoms with Gasteiger partial charge in [-0.1, -0.05) is 62.9 Å². The number of benzene rings is 1. The number of hydrogen-bond acceptors (Lipinski definition) is 0. The molecule has 0 atom stereocenters. The Morgan fingerprint density at radius 2 is 1.24 bits per heavy atom. The van der Waals surface area contributed by atoms with E-state index < -0.39 is 24.7 Å². The van der Waals surface area contributed by atoms with E-state index in [1.54, 1.807) is 0 Å². The Labute approximate surface area is 149 Å². The molecule has 0 aliphatic heterocycles. The van der Waals surface area contributed by atoms with Gasteiger partial charge in [-0.2, -0.15) is 17.6 Å². The Morgan fingerprint density at radius 3 is 1.80 bits per heavy atom. The van der Waals surface area contributed by atoms with Crippen LogP contribution in [0.3, 0.4) is 0 Å². The smallest absolute Gasteiger partial charge is 0.192 e. The average molecular weight is 356 g/mol. The van der Waals surface area contributed by atoms with Gasteiger partial charge >= 0.3 is 11.8 Å². The molecule has 1 aromatic rings. The number of unbranched alkanes of at least 4 members (excludes halogenated alkanes) is 5. The Bertz CT molecular complexity index is 526. The quantitative estimate of drug-likeness (QED) is 0.227. The molecule has 0 N–H and O–H groups in total. The SMILES string of the molecule is CCCCCC(F)(F)C#CC(F)(F)CCCCCCc1ccccc1. The minimum Gasteiger partial charge on any atom is -0.192 e. The number of rotatable bonds is 11. The molecule has 0 unspecified atom stereocenters. The lowest BCUT2D eigenvalue weighted by Crippen LogP contribution is -2.17. The maximum Gasteiger partial charge on any atom is 0.308 e. The Kier molecular flexibility index (Phi) is 9.63. The molecule has 0 saturated carbocycles. The van der Waals surface area contributed by atoms with Crippen LogP contribution in [0.4, 0.5) is 17.6 Å². The van der Waals surface area contributed by atoms with Crippen LogP contribution in [0.25, 0.3) is 0 Å². The third-order valence-electron chi connectivity index (χ3n) is 4.07. The van der Waals surface area contributed by atoms with Gasteiger partial charge in [-0.3, -0.25) is 0 Å². The molecule has 0 heterocycles. The van der Waals surface area contributed by atoms with Gasteiger partial charge in [0.2, 0.25) is 0 Å². The summed E-state index contributed by atoms with van der Waals surface area (Å²) in [5.74, 6) is -3.63. The van der Waals surface area contributed by atoms with Crippen LogP contribution in [0.5, 0.6) is 0 Å². The first kappa shape index (κ1) is 21.5. The van der Waals surface area contributed by atoms with E-state index in [-0.39, 0.29) is 0 Å². The van der Waals surface area contributed by atoms with Crippen molar-refractivity contribution in [1.82, 2.24) is 0 Å². The highest BCUT2D eigenvalue weighted by Gasteiger charge is 2.29. The fraction of sp³-hybridized carbons (Fsp3) is 0.619. The number of hydrogen-bond donors (Lipinski definition) is 0. The van der Waals surface area contributed by atoms with Crippen LogP contribution in [0.2, 0.25) is 0 Å². The first-order chi connectivity index (χ1) is 11.8. The molecule has 4 heteroatoms. The average Bonchev–Trinajstić information content (AvgIpc) is 2.58. The van der Waals surface area contributed by atoms with Crippen molar-refractivity contribution in [2.24, 2.45) is 0 Å². The molecule has 0 aromatic heterocycles. The van der Waals surface area contributed by atoms with Gasteiger partial charge in [0.15, 0.2) is 0 Å². The second kappa shape index (κ2) is 11.2. The molecule has 1 aromatic carbocycles. The van der Waals surface area contributed by atoms with Crippen LogP contribution in [0.15, 0.2) is 30.3 Å². The summed E-state index contributed by atoms with van der Waals surface area (Å²) in [5.41, 5.74) is 1.24. The molecule has 25 heavy (non-hydrogen) atoms. The van der Waals surface area contributed by atoms with Gasteiger partial charge in [0.25, 0.3) is 0 Å². The second-order valence-corrected chi connectivity index (χ2v) is 6.52. The third-order valence-corrected chi connectivity index (χ3v) is 4.07. The van der Waals surface area contributed by atoms with Crippen LogP contribution < -0.4 is 0 Å². The van der Waals surface area contributed by atoms with Gasteiger partial charge in [-0.15, -0.1) is 0 Å². The van der Waals surface area contributed by atoms with Gasteiger partial charge in [-0.25, -0.2) is 0 Å². The van der Waals surface area contributed by atoms with E-state index in [9.17, 15) is 17.6 Å². The summed E-state index contributed by atoms with van der Waals surface area (Å²) in [7, 11) is 0. The Hall–Kier alpha value is -1.50. The summed E-state index contributed by atoms with van der Waals surface area (Å²) < 4.78 is 54.1. The van der Waals surface area contributed by atoms with E-state index in [4.69, 9.17) is 0 Å². The van der Waals surface area contributed by atoms with Crippen molar-refractivity contribution in [2.45, 2.75) is 83.0 Å². The predicted octanol–water partition coefficient (Wildman–Crippen LogP) is 7.03. The van der Waals surface area contributed by atoms with Crippen LogP contribution in [-0.4, -0.2) is 11.8 Å². The van der Waals surface area contributed by atoms with Gasteiger partial charge in [0.05, 0.1) is 0 Å². The summed E-state index contributed by atoms with van der Waals surface area (Å²) in [6.07, 6.45) is 4.59. The zero-order valence-electron chi connectivity index (χ0n) is 15.0. The first-order valence-corrected chi connectivity index (χ1v) is 9.18. The molecule has 0 bridgehead atoms. The number of aryl methyl sites for hydroxylation is 1. The lowest BCUT2D eigenvalue weighted by atomic mass is 10.0. The molecule has 0 amide bonds. The first-order valence-electron chi connectivity index (χ1n) is 9.18. The lowest BCUT2D eigenvalue weighted by Gasteiger charge is -2.11. The lowest BCUT2D eigenvalue weighted by molar-refractivity contribution is 0.0409. The van der Waals surface area contributed by atoms with Crippen molar-refractivity contribution >= 4 is 0 Å². The van der Waals surface area contributed by atoms with Crippen molar-refractivity contribution < 1.29 is 17.6 Å². The molecule has 0 nitrogen and oxygen atoms in total. The number of alkyl halides is 4. The Balaban J connectivity index is 2.23. The van der Waals surface area contributed by atoms with E-state index in [1.807, 2.05) is 37.3 Å². The maximum absolute atomic E-state index is 13.6. The summed E-state index contributed by atoms with van der Waals surface area (Å²) in [6.45, 7) is 1.90. The zero-order valence-corrected chi connectivity index (χ0v) is 15.0. The second-order valence-electron chi connectivity index (χ2n) is 6.52. The van der Waals surface area contributed by atoms with Crippen LogP contribution in [-0.2, 0) is 6.42 Å². The molecule has 1 rings (SSSR count). The Morgan fingerprint density at radius 1 is 0.720 bits per heavy atom. The van der Waals surface area contributed by atoms with Crippen molar-refractivity contribution in [3.63, 3.8) is 0 Å². The molecule has 140 valence electrons. The molecule has 0 radical (unpaired) electrons. The molecular formula is C21H28F4. The van der Waals surface area contributed by atoms with Crippen molar-refractivity contribution in [3.05, 3.63) is 35.9 Å². The largest absolute Gasteiger partial charge is 0.308 e. The molecule has 0 spiro atoms. The standard InChI is InChI=1S/C21H28F4/c1-2-3-10-15-20(22,23)17-18-21(24,25)16-11-5-4-7-12-19-13-8-6-9-14-19/h6,8-9,13-14H,2-5,7,10-12,15-16H2,1H3. The summed E-state index contributed by atoms with van der Waals surface area (Å²) >= 11 is 0. The van der Waals surface area contributed by atoms with E-state index >= 15 is 0 Å². The van der Waals surface area contributed by atoms with Crippen LogP contribution in [0.1, 0.15) is 70.3 Å². The molecule has 0 aliphatic rings. The van der Waals surface area contributed by atoms with Crippen LogP contribution in [0, 0.1) is 11.8 Å². The number of halogens is 4. The predicted molar refractivity (Wildman–Crippen MR) is 95.0 cm³/mol. The summed E-state index contributed by atoms with van der Waals surface area (Å²) in [5, 5.41) is 0. The van der Waals surface area contributed by atoms with Crippen molar-refractivity contribution in [3.8, 4) is 11.8 Å².